The van der Waals surface area contributed by atoms with Crippen LogP contribution in [0.3, 0.4) is 0 Å². The fraction of sp³-hybridized carbons (Fsp3) is 0.214. The number of hydrogen-bond donors (Lipinski definition) is 2. The molecule has 2 N–H and O–H groups in total. The van der Waals surface area contributed by atoms with E-state index in [0.29, 0.717) is 27.8 Å². The molecule has 178 valence electrons. The number of rotatable bonds is 5. The van der Waals surface area contributed by atoms with Crippen LogP contribution in [0, 0.1) is 6.92 Å². The van der Waals surface area contributed by atoms with Gasteiger partial charge < -0.3 is 10.6 Å². The highest BCUT2D eigenvalue weighted by molar-refractivity contribution is 6.07. The van der Waals surface area contributed by atoms with Gasteiger partial charge in [-0.05, 0) is 53.8 Å². The third-order valence-electron chi connectivity index (χ3n) is 5.83. The van der Waals surface area contributed by atoms with Crippen LogP contribution < -0.4 is 16.2 Å². The molecule has 1 heterocycles. The molecule has 4 rings (SSSR count). The third-order valence-corrected chi connectivity index (χ3v) is 5.83. The summed E-state index contributed by atoms with van der Waals surface area (Å²) in [4.78, 5) is 42.7. The maximum atomic E-state index is 12.8. The largest absolute Gasteiger partial charge is 0.323 e. The quantitative estimate of drug-likeness (QED) is 0.436. The zero-order chi connectivity index (χ0) is 25.2. The van der Waals surface area contributed by atoms with E-state index in [4.69, 9.17) is 0 Å². The number of para-hydroxylation sites is 3. The number of carbonyl (C=O) groups is 2. The Balaban J connectivity index is 1.49. The summed E-state index contributed by atoms with van der Waals surface area (Å²) in [7, 11) is 0. The molecule has 0 aliphatic carbocycles. The molecule has 0 saturated carbocycles. The van der Waals surface area contributed by atoms with Crippen LogP contribution in [0.1, 0.15) is 42.3 Å². The molecule has 0 radical (unpaired) electrons. The Kier molecular flexibility index (Phi) is 6.51. The third kappa shape index (κ3) is 5.30. The molecule has 0 aliphatic heterocycles. The summed E-state index contributed by atoms with van der Waals surface area (Å²) in [6, 6.07) is 19.8. The maximum Gasteiger partial charge on any atom is 0.261 e. The summed E-state index contributed by atoms with van der Waals surface area (Å²) in [5.41, 5.74) is 3.78. The Labute approximate surface area is 203 Å². The first-order valence-corrected chi connectivity index (χ1v) is 11.4. The molecule has 0 aliphatic rings. The van der Waals surface area contributed by atoms with Crippen molar-refractivity contribution < 1.29 is 9.59 Å². The summed E-state index contributed by atoms with van der Waals surface area (Å²) in [5.74, 6) is -0.686. The van der Waals surface area contributed by atoms with Gasteiger partial charge in [-0.1, -0.05) is 57.2 Å². The molecule has 0 saturated heterocycles. The van der Waals surface area contributed by atoms with Gasteiger partial charge in [-0.15, -0.1) is 0 Å². The molecule has 0 bridgehead atoms. The molecular weight excluding hydrogens is 440 g/mol. The van der Waals surface area contributed by atoms with E-state index >= 15 is 0 Å². The van der Waals surface area contributed by atoms with Gasteiger partial charge in [0.15, 0.2) is 0 Å². The van der Waals surface area contributed by atoms with Crippen LogP contribution in [0.4, 0.5) is 11.4 Å². The van der Waals surface area contributed by atoms with E-state index in [0.717, 1.165) is 11.1 Å². The fourth-order valence-electron chi connectivity index (χ4n) is 3.81. The van der Waals surface area contributed by atoms with E-state index in [1.165, 1.54) is 10.9 Å². The van der Waals surface area contributed by atoms with Crippen molar-refractivity contribution in [2.75, 3.05) is 10.6 Å². The first-order chi connectivity index (χ1) is 16.6. The van der Waals surface area contributed by atoms with Crippen molar-refractivity contribution in [2.24, 2.45) is 0 Å². The average Bonchev–Trinajstić information content (AvgIpc) is 2.82. The summed E-state index contributed by atoms with van der Waals surface area (Å²) >= 11 is 0. The minimum atomic E-state index is -0.405. The van der Waals surface area contributed by atoms with Crippen LogP contribution in [0.2, 0.25) is 0 Å². The van der Waals surface area contributed by atoms with Crippen molar-refractivity contribution in [1.82, 2.24) is 9.55 Å². The average molecular weight is 469 g/mol. The standard InChI is InChI=1S/C28H28N4O3/c1-18-8-7-9-21-25(18)29-17-32(27(21)35)16-24(33)30-22-10-5-6-11-23(22)31-26(34)19-12-14-20(15-13-19)28(2,3)4/h5-15,17H,16H2,1-4H3,(H,30,33)(H,31,34). The highest BCUT2D eigenvalue weighted by Crippen LogP contribution is 2.24. The lowest BCUT2D eigenvalue weighted by molar-refractivity contribution is -0.116. The summed E-state index contributed by atoms with van der Waals surface area (Å²) in [5, 5.41) is 6.12. The smallest absolute Gasteiger partial charge is 0.261 e. The first kappa shape index (κ1) is 23.9. The van der Waals surface area contributed by atoms with Gasteiger partial charge >= 0.3 is 0 Å². The van der Waals surface area contributed by atoms with Gasteiger partial charge in [-0.25, -0.2) is 4.98 Å². The van der Waals surface area contributed by atoms with E-state index in [1.54, 1.807) is 48.5 Å². The molecule has 0 unspecified atom stereocenters. The number of benzene rings is 3. The lowest BCUT2D eigenvalue weighted by atomic mass is 9.87. The molecular formula is C28H28N4O3. The molecule has 35 heavy (non-hydrogen) atoms. The number of nitrogens with one attached hydrogen (secondary N) is 2. The molecule has 0 spiro atoms. The van der Waals surface area contributed by atoms with Gasteiger partial charge in [0.1, 0.15) is 6.54 Å². The zero-order valence-electron chi connectivity index (χ0n) is 20.3. The van der Waals surface area contributed by atoms with Gasteiger partial charge in [0.05, 0.1) is 28.6 Å². The number of anilines is 2. The topological polar surface area (TPSA) is 93.1 Å². The number of carbonyl (C=O) groups excluding carboxylic acids is 2. The van der Waals surface area contributed by atoms with Crippen LogP contribution in [0.5, 0.6) is 0 Å². The molecule has 0 fully saturated rings. The highest BCUT2D eigenvalue weighted by Gasteiger charge is 2.16. The van der Waals surface area contributed by atoms with Crippen molar-refractivity contribution >= 4 is 34.1 Å². The van der Waals surface area contributed by atoms with Gasteiger partial charge in [-0.3, -0.25) is 19.0 Å². The lowest BCUT2D eigenvalue weighted by Crippen LogP contribution is -2.28. The number of aromatic nitrogens is 2. The van der Waals surface area contributed by atoms with Crippen molar-refractivity contribution in [3.63, 3.8) is 0 Å². The normalized spacial score (nSPS) is 11.3. The Morgan fingerprint density at radius 1 is 0.886 bits per heavy atom. The van der Waals surface area contributed by atoms with E-state index in [-0.39, 0.29) is 23.4 Å². The van der Waals surface area contributed by atoms with Crippen molar-refractivity contribution in [3.05, 3.63) is 100 Å². The predicted molar refractivity (Wildman–Crippen MR) is 139 cm³/mol. The molecule has 7 nitrogen and oxygen atoms in total. The van der Waals surface area contributed by atoms with Crippen LogP contribution in [-0.4, -0.2) is 21.4 Å². The van der Waals surface area contributed by atoms with E-state index < -0.39 is 5.91 Å². The molecule has 1 aromatic heterocycles. The molecule has 0 atom stereocenters. The molecule has 2 amide bonds. The van der Waals surface area contributed by atoms with Crippen molar-refractivity contribution in [1.29, 1.82) is 0 Å². The van der Waals surface area contributed by atoms with Crippen LogP contribution >= 0.6 is 0 Å². The van der Waals surface area contributed by atoms with Crippen molar-refractivity contribution in [2.45, 2.75) is 39.7 Å². The second kappa shape index (κ2) is 9.54. The zero-order valence-corrected chi connectivity index (χ0v) is 20.3. The first-order valence-electron chi connectivity index (χ1n) is 11.4. The van der Waals surface area contributed by atoms with Gasteiger partial charge in [0.25, 0.3) is 11.5 Å². The Morgan fingerprint density at radius 2 is 1.54 bits per heavy atom. The van der Waals surface area contributed by atoms with Gasteiger partial charge in [0.2, 0.25) is 5.91 Å². The van der Waals surface area contributed by atoms with Gasteiger partial charge in [-0.2, -0.15) is 0 Å². The summed E-state index contributed by atoms with van der Waals surface area (Å²) in [6.45, 7) is 8.03. The second-order valence-corrected chi connectivity index (χ2v) is 9.52. The Bertz CT molecular complexity index is 1460. The van der Waals surface area contributed by atoms with E-state index in [2.05, 4.69) is 36.4 Å². The van der Waals surface area contributed by atoms with Gasteiger partial charge in [0, 0.05) is 5.56 Å². The number of amides is 2. The van der Waals surface area contributed by atoms with Crippen LogP contribution in [-0.2, 0) is 16.8 Å². The summed E-state index contributed by atoms with van der Waals surface area (Å²) in [6.07, 6.45) is 1.38. The highest BCUT2D eigenvalue weighted by atomic mass is 16.2. The van der Waals surface area contributed by atoms with E-state index in [1.807, 2.05) is 25.1 Å². The van der Waals surface area contributed by atoms with Crippen LogP contribution in [0.25, 0.3) is 10.9 Å². The molecule has 3 aromatic carbocycles. The number of aryl methyl sites for hydroxylation is 1. The Hall–Kier alpha value is -4.26. The fourth-order valence-corrected chi connectivity index (χ4v) is 3.81. The number of fused-ring (bicyclic) bond motifs is 1. The minimum Gasteiger partial charge on any atom is -0.323 e. The minimum absolute atomic E-state index is 0.00670. The number of nitrogens with zero attached hydrogens (tertiary/aromatic N) is 2. The monoisotopic (exact) mass is 468 g/mol. The SMILES string of the molecule is Cc1cccc2c(=O)n(CC(=O)Nc3ccccc3NC(=O)c3ccc(C(C)(C)C)cc3)cnc12. The Morgan fingerprint density at radius 3 is 2.20 bits per heavy atom. The second-order valence-electron chi connectivity index (χ2n) is 9.52. The number of hydrogen-bond acceptors (Lipinski definition) is 4. The summed E-state index contributed by atoms with van der Waals surface area (Å²) < 4.78 is 1.27. The molecule has 7 heteroatoms. The lowest BCUT2D eigenvalue weighted by Gasteiger charge is -2.19. The predicted octanol–water partition coefficient (Wildman–Crippen LogP) is 4.89. The maximum absolute atomic E-state index is 12.8. The molecule has 4 aromatic rings. The van der Waals surface area contributed by atoms with Crippen LogP contribution in [0.15, 0.2) is 77.9 Å². The van der Waals surface area contributed by atoms with Crippen molar-refractivity contribution in [3.8, 4) is 0 Å². The van der Waals surface area contributed by atoms with E-state index in [9.17, 15) is 14.4 Å².